The highest BCUT2D eigenvalue weighted by Gasteiger charge is 2.34. The third kappa shape index (κ3) is 2.68. The Morgan fingerprint density at radius 2 is 2.12 bits per heavy atom. The second kappa shape index (κ2) is 5.84. The normalized spacial score (nSPS) is 23.5. The molecular formula is C18H22FN3O4. The number of piperidine rings is 1. The van der Waals surface area contributed by atoms with E-state index in [1.807, 2.05) is 0 Å². The topological polar surface area (TPSA) is 87.6 Å². The summed E-state index contributed by atoms with van der Waals surface area (Å²) in [5.41, 5.74) is -1.55. The Kier molecular flexibility index (Phi) is 3.83. The molecule has 2 heterocycles. The smallest absolute Gasteiger partial charge is 0.329 e. The number of ether oxygens (including phenoxy) is 1. The van der Waals surface area contributed by atoms with Crippen LogP contribution in [0.1, 0.15) is 38.6 Å². The summed E-state index contributed by atoms with van der Waals surface area (Å²) in [5, 5.41) is 10.5. The summed E-state index contributed by atoms with van der Waals surface area (Å²) in [6, 6.07) is 1.15. The van der Waals surface area contributed by atoms with Crippen molar-refractivity contribution in [1.82, 2.24) is 9.55 Å². The lowest BCUT2D eigenvalue weighted by atomic mass is 9.94. The van der Waals surface area contributed by atoms with Crippen molar-refractivity contribution in [2.45, 2.75) is 44.2 Å². The van der Waals surface area contributed by atoms with Gasteiger partial charge in [-0.15, -0.1) is 0 Å². The SMILES string of the molecule is COc1c(N2CCCC(C)(O)C2)c(F)cc2c(=O)[nH]c(=O)n(C3CC3)c12. The molecule has 4 rings (SSSR count). The lowest BCUT2D eigenvalue weighted by molar-refractivity contribution is 0.0446. The van der Waals surface area contributed by atoms with Crippen LogP contribution in [-0.2, 0) is 0 Å². The van der Waals surface area contributed by atoms with Crippen molar-refractivity contribution >= 4 is 16.6 Å². The van der Waals surface area contributed by atoms with Gasteiger partial charge in [0, 0.05) is 19.1 Å². The van der Waals surface area contributed by atoms with E-state index in [1.165, 1.54) is 11.7 Å². The van der Waals surface area contributed by atoms with Crippen LogP contribution in [-0.4, -0.2) is 40.5 Å². The minimum absolute atomic E-state index is 0.0153. The number of fused-ring (bicyclic) bond motifs is 1. The van der Waals surface area contributed by atoms with Gasteiger partial charge >= 0.3 is 5.69 Å². The van der Waals surface area contributed by atoms with Crippen LogP contribution in [0.3, 0.4) is 0 Å². The van der Waals surface area contributed by atoms with Gasteiger partial charge in [-0.3, -0.25) is 14.3 Å². The summed E-state index contributed by atoms with van der Waals surface area (Å²) < 4.78 is 22.0. The van der Waals surface area contributed by atoms with Crippen LogP contribution in [0.2, 0.25) is 0 Å². The van der Waals surface area contributed by atoms with Crippen LogP contribution >= 0.6 is 0 Å². The summed E-state index contributed by atoms with van der Waals surface area (Å²) in [6.07, 6.45) is 3.00. The predicted octanol–water partition coefficient (Wildman–Crippen LogP) is 1.52. The number of hydrogen-bond donors (Lipinski definition) is 2. The average molecular weight is 363 g/mol. The fourth-order valence-electron chi connectivity index (χ4n) is 3.92. The third-order valence-corrected chi connectivity index (χ3v) is 5.21. The molecule has 2 aliphatic rings. The first-order valence-corrected chi connectivity index (χ1v) is 8.85. The third-order valence-electron chi connectivity index (χ3n) is 5.21. The molecule has 1 unspecified atom stereocenters. The van der Waals surface area contributed by atoms with Gasteiger partial charge in [0.25, 0.3) is 5.56 Å². The molecule has 1 aliphatic carbocycles. The highest BCUT2D eigenvalue weighted by Crippen LogP contribution is 2.43. The minimum Gasteiger partial charge on any atom is -0.492 e. The van der Waals surface area contributed by atoms with Crippen LogP contribution in [0.5, 0.6) is 5.75 Å². The quantitative estimate of drug-likeness (QED) is 0.863. The fourth-order valence-corrected chi connectivity index (χ4v) is 3.92. The first-order valence-electron chi connectivity index (χ1n) is 8.85. The van der Waals surface area contributed by atoms with Gasteiger partial charge < -0.3 is 14.7 Å². The molecule has 1 aliphatic heterocycles. The van der Waals surface area contributed by atoms with Crippen molar-refractivity contribution in [3.8, 4) is 5.75 Å². The molecule has 1 saturated carbocycles. The molecule has 8 heteroatoms. The van der Waals surface area contributed by atoms with E-state index in [1.54, 1.807) is 11.8 Å². The Balaban J connectivity index is 2.02. The number of H-pyrrole nitrogens is 1. The largest absolute Gasteiger partial charge is 0.492 e. The van der Waals surface area contributed by atoms with Crippen molar-refractivity contribution in [2.24, 2.45) is 0 Å². The molecule has 2 aromatic rings. The van der Waals surface area contributed by atoms with E-state index in [0.29, 0.717) is 24.9 Å². The maximum absolute atomic E-state index is 15.0. The van der Waals surface area contributed by atoms with E-state index in [-0.39, 0.29) is 29.4 Å². The second-order valence-corrected chi connectivity index (χ2v) is 7.52. The van der Waals surface area contributed by atoms with Crippen LogP contribution in [0.25, 0.3) is 10.9 Å². The van der Waals surface area contributed by atoms with E-state index >= 15 is 0 Å². The number of benzene rings is 1. The molecule has 0 spiro atoms. The zero-order chi connectivity index (χ0) is 18.6. The van der Waals surface area contributed by atoms with Crippen LogP contribution in [0, 0.1) is 5.82 Å². The Bertz CT molecular complexity index is 991. The summed E-state index contributed by atoms with van der Waals surface area (Å²) in [7, 11) is 1.41. The maximum Gasteiger partial charge on any atom is 0.329 e. The number of aromatic nitrogens is 2. The monoisotopic (exact) mass is 363 g/mol. The number of halogens is 1. The second-order valence-electron chi connectivity index (χ2n) is 7.52. The van der Waals surface area contributed by atoms with E-state index in [2.05, 4.69) is 4.98 Å². The molecule has 26 heavy (non-hydrogen) atoms. The van der Waals surface area contributed by atoms with Crippen molar-refractivity contribution in [3.05, 3.63) is 32.7 Å². The van der Waals surface area contributed by atoms with Crippen LogP contribution in [0.15, 0.2) is 15.7 Å². The molecule has 1 atom stereocenters. The number of methoxy groups -OCH3 is 1. The summed E-state index contributed by atoms with van der Waals surface area (Å²) >= 11 is 0. The molecule has 140 valence electrons. The Morgan fingerprint density at radius 3 is 2.73 bits per heavy atom. The fraction of sp³-hybridized carbons (Fsp3) is 0.556. The van der Waals surface area contributed by atoms with Gasteiger partial charge in [-0.25, -0.2) is 9.18 Å². The molecule has 0 radical (unpaired) electrons. The lowest BCUT2D eigenvalue weighted by Gasteiger charge is -2.39. The zero-order valence-electron chi connectivity index (χ0n) is 14.8. The average Bonchev–Trinajstić information content (AvgIpc) is 3.38. The first-order chi connectivity index (χ1) is 12.3. The highest BCUT2D eigenvalue weighted by molar-refractivity contribution is 5.91. The van der Waals surface area contributed by atoms with Crippen LogP contribution in [0.4, 0.5) is 10.1 Å². The van der Waals surface area contributed by atoms with Gasteiger partial charge in [-0.2, -0.15) is 0 Å². The summed E-state index contributed by atoms with van der Waals surface area (Å²) in [5.74, 6) is -0.425. The number of aromatic amines is 1. The van der Waals surface area contributed by atoms with E-state index in [4.69, 9.17) is 4.74 Å². The Hall–Kier alpha value is -2.35. The number of β-amino-alcohol motifs (C(OH)–C–C–N with tert-alkyl or cyclic N) is 1. The lowest BCUT2D eigenvalue weighted by Crippen LogP contribution is -2.46. The van der Waals surface area contributed by atoms with Gasteiger partial charge in [0.1, 0.15) is 11.2 Å². The number of nitrogens with one attached hydrogen (secondary N) is 1. The molecule has 0 bridgehead atoms. The van der Waals surface area contributed by atoms with Crippen molar-refractivity contribution < 1.29 is 14.2 Å². The van der Waals surface area contributed by atoms with Gasteiger partial charge in [0.15, 0.2) is 11.6 Å². The zero-order valence-corrected chi connectivity index (χ0v) is 14.8. The van der Waals surface area contributed by atoms with Crippen molar-refractivity contribution in [2.75, 3.05) is 25.1 Å². The van der Waals surface area contributed by atoms with E-state index in [0.717, 1.165) is 18.9 Å². The first kappa shape index (κ1) is 17.1. The standard InChI is InChI=1S/C18H22FN3O4/c1-18(25)6-3-7-21(9-18)14-12(19)8-11-13(15(14)26-2)22(10-4-5-10)17(24)20-16(11)23/h8,10,25H,3-7,9H2,1-2H3,(H,20,23,24). The van der Waals surface area contributed by atoms with Gasteiger partial charge in [0.2, 0.25) is 0 Å². The molecule has 7 nitrogen and oxygen atoms in total. The number of rotatable bonds is 3. The Morgan fingerprint density at radius 1 is 1.38 bits per heavy atom. The highest BCUT2D eigenvalue weighted by atomic mass is 19.1. The molecule has 1 saturated heterocycles. The number of hydrogen-bond acceptors (Lipinski definition) is 5. The number of anilines is 1. The molecular weight excluding hydrogens is 341 g/mol. The number of nitrogens with zero attached hydrogens (tertiary/aromatic N) is 2. The molecule has 1 aromatic carbocycles. The molecule has 2 N–H and O–H groups in total. The predicted molar refractivity (Wildman–Crippen MR) is 95.7 cm³/mol. The summed E-state index contributed by atoms with van der Waals surface area (Å²) in [4.78, 5) is 28.7. The van der Waals surface area contributed by atoms with E-state index < -0.39 is 22.7 Å². The Labute approximate surface area is 149 Å². The molecule has 2 fully saturated rings. The van der Waals surface area contributed by atoms with Crippen LogP contribution < -0.4 is 20.9 Å². The number of aliphatic hydroxyl groups is 1. The van der Waals surface area contributed by atoms with Crippen molar-refractivity contribution in [1.29, 1.82) is 0 Å². The summed E-state index contributed by atoms with van der Waals surface area (Å²) in [6.45, 7) is 2.53. The minimum atomic E-state index is -0.936. The molecule has 0 amide bonds. The van der Waals surface area contributed by atoms with Crippen molar-refractivity contribution in [3.63, 3.8) is 0 Å². The van der Waals surface area contributed by atoms with E-state index in [9.17, 15) is 19.1 Å². The van der Waals surface area contributed by atoms with Gasteiger partial charge in [0.05, 0.1) is 18.1 Å². The van der Waals surface area contributed by atoms with Gasteiger partial charge in [-0.1, -0.05) is 0 Å². The molecule has 1 aromatic heterocycles. The van der Waals surface area contributed by atoms with Gasteiger partial charge in [-0.05, 0) is 38.7 Å². The maximum atomic E-state index is 15.0.